The van der Waals surface area contributed by atoms with E-state index in [-0.39, 0.29) is 12.5 Å². The number of aryl methyl sites for hydroxylation is 1. The van der Waals surface area contributed by atoms with Crippen LogP contribution in [-0.4, -0.2) is 45.6 Å². The van der Waals surface area contributed by atoms with Crippen LogP contribution < -0.4 is 16.4 Å². The van der Waals surface area contributed by atoms with Crippen molar-refractivity contribution in [2.24, 2.45) is 0 Å². The Morgan fingerprint density at radius 2 is 1.79 bits per heavy atom. The van der Waals surface area contributed by atoms with Crippen molar-refractivity contribution < 1.29 is 4.79 Å². The summed E-state index contributed by atoms with van der Waals surface area (Å²) in [5, 5.41) is 2.89. The van der Waals surface area contributed by atoms with E-state index in [1.165, 1.54) is 28.4 Å². The number of carbonyl (C=O) groups is 1. The lowest BCUT2D eigenvalue weighted by Crippen LogP contribution is -2.44. The van der Waals surface area contributed by atoms with Crippen molar-refractivity contribution in [3.63, 3.8) is 0 Å². The van der Waals surface area contributed by atoms with E-state index in [0.29, 0.717) is 30.2 Å². The predicted octanol–water partition coefficient (Wildman–Crippen LogP) is 1.56. The van der Waals surface area contributed by atoms with E-state index in [2.05, 4.69) is 17.1 Å². The van der Waals surface area contributed by atoms with Crippen molar-refractivity contribution in [1.82, 2.24) is 19.4 Å². The van der Waals surface area contributed by atoms with E-state index in [1.807, 2.05) is 13.0 Å². The van der Waals surface area contributed by atoms with Crippen molar-refractivity contribution in [3.05, 3.63) is 45.0 Å². The van der Waals surface area contributed by atoms with Crippen LogP contribution in [0, 0.1) is 0 Å². The van der Waals surface area contributed by atoms with Crippen molar-refractivity contribution >= 4 is 16.9 Å². The summed E-state index contributed by atoms with van der Waals surface area (Å²) in [6.45, 7) is 7.03. The molecule has 1 atom stereocenters. The van der Waals surface area contributed by atoms with E-state index in [0.717, 1.165) is 19.5 Å². The number of aromatic nitrogens is 2. The van der Waals surface area contributed by atoms with Gasteiger partial charge in [-0.05, 0) is 51.8 Å². The van der Waals surface area contributed by atoms with Crippen LogP contribution in [-0.2, 0) is 17.9 Å². The molecule has 2 aromatic rings. The lowest BCUT2D eigenvalue weighted by Gasteiger charge is -2.33. The average molecular weight is 386 g/mol. The van der Waals surface area contributed by atoms with Gasteiger partial charge in [-0.3, -0.25) is 19.0 Å². The van der Waals surface area contributed by atoms with Crippen LogP contribution in [0.2, 0.25) is 0 Å². The molecule has 1 amide bonds. The van der Waals surface area contributed by atoms with Crippen molar-refractivity contribution in [3.8, 4) is 0 Å². The number of amides is 1. The quantitative estimate of drug-likeness (QED) is 0.579. The lowest BCUT2D eigenvalue weighted by atomic mass is 10.0. The monoisotopic (exact) mass is 386 g/mol. The lowest BCUT2D eigenvalue weighted by molar-refractivity contribution is -0.121. The highest BCUT2D eigenvalue weighted by molar-refractivity contribution is 5.80. The molecule has 1 aliphatic heterocycles. The third kappa shape index (κ3) is 4.35. The summed E-state index contributed by atoms with van der Waals surface area (Å²) in [6.07, 6.45) is 4.67. The van der Waals surface area contributed by atoms with E-state index < -0.39 is 11.1 Å². The standard InChI is InChI=1S/C21H30N4O3/c1-3-24-17-10-4-5-11-18(17)25(21(28)20(24)27)15-19(26)22-12-8-14-23-13-7-6-9-16(23)2/h4-5,10-11,16H,3,6-9,12-15H2,1-2H3,(H,22,26)/t16-/m1/s1. The number of rotatable bonds is 7. The van der Waals surface area contributed by atoms with Gasteiger partial charge in [0.25, 0.3) is 0 Å². The summed E-state index contributed by atoms with van der Waals surface area (Å²) in [5.41, 5.74) is 0.0265. The molecule has 1 aliphatic rings. The number of fused-ring (bicyclic) bond motifs is 1. The third-order valence-corrected chi connectivity index (χ3v) is 5.64. The van der Waals surface area contributed by atoms with Gasteiger partial charge in [-0.1, -0.05) is 18.6 Å². The molecule has 7 nitrogen and oxygen atoms in total. The fourth-order valence-electron chi connectivity index (χ4n) is 4.04. The number of para-hydroxylation sites is 2. The highest BCUT2D eigenvalue weighted by Gasteiger charge is 2.18. The number of likely N-dealkylation sites (tertiary alicyclic amines) is 1. The second-order valence-corrected chi connectivity index (χ2v) is 7.51. The van der Waals surface area contributed by atoms with Crippen LogP contribution >= 0.6 is 0 Å². The molecule has 1 aromatic carbocycles. The molecule has 0 aliphatic carbocycles. The van der Waals surface area contributed by atoms with Crippen molar-refractivity contribution in [1.29, 1.82) is 0 Å². The molecule has 1 N–H and O–H groups in total. The fraction of sp³-hybridized carbons (Fsp3) is 0.571. The van der Waals surface area contributed by atoms with Gasteiger partial charge < -0.3 is 14.8 Å². The first-order valence-electron chi connectivity index (χ1n) is 10.3. The van der Waals surface area contributed by atoms with Gasteiger partial charge in [0.2, 0.25) is 5.91 Å². The molecule has 1 aromatic heterocycles. The van der Waals surface area contributed by atoms with Crippen LogP contribution in [0.1, 0.15) is 39.5 Å². The Hall–Kier alpha value is -2.41. The van der Waals surface area contributed by atoms with Crippen molar-refractivity contribution in [2.45, 2.75) is 58.7 Å². The number of hydrogen-bond acceptors (Lipinski definition) is 4. The first kappa shape index (κ1) is 20.3. The van der Waals surface area contributed by atoms with Gasteiger partial charge in [-0.15, -0.1) is 0 Å². The smallest absolute Gasteiger partial charge is 0.317 e. The Morgan fingerprint density at radius 1 is 1.11 bits per heavy atom. The zero-order valence-corrected chi connectivity index (χ0v) is 16.8. The molecule has 28 heavy (non-hydrogen) atoms. The maximum Gasteiger partial charge on any atom is 0.317 e. The predicted molar refractivity (Wildman–Crippen MR) is 111 cm³/mol. The number of piperidine rings is 1. The van der Waals surface area contributed by atoms with E-state index in [9.17, 15) is 14.4 Å². The summed E-state index contributed by atoms with van der Waals surface area (Å²) < 4.78 is 2.73. The molecule has 0 unspecified atom stereocenters. The summed E-state index contributed by atoms with van der Waals surface area (Å²) in [7, 11) is 0. The molecule has 0 spiro atoms. The van der Waals surface area contributed by atoms with Gasteiger partial charge in [-0.2, -0.15) is 0 Å². The SMILES string of the molecule is CCn1c(=O)c(=O)n(CC(=O)NCCCN2CCCC[C@H]2C)c2ccccc21. The van der Waals surface area contributed by atoms with Crippen LogP contribution in [0.3, 0.4) is 0 Å². The van der Waals surface area contributed by atoms with Crippen molar-refractivity contribution in [2.75, 3.05) is 19.6 Å². The first-order valence-corrected chi connectivity index (χ1v) is 10.3. The normalized spacial score (nSPS) is 17.7. The molecule has 0 radical (unpaired) electrons. The molecule has 7 heteroatoms. The Kier molecular flexibility index (Phi) is 6.67. The Balaban J connectivity index is 1.64. The number of nitrogens with zero attached hydrogens (tertiary/aromatic N) is 3. The maximum atomic E-state index is 12.5. The highest BCUT2D eigenvalue weighted by Crippen LogP contribution is 2.16. The largest absolute Gasteiger partial charge is 0.355 e. The summed E-state index contributed by atoms with van der Waals surface area (Å²) in [5.74, 6) is -0.243. The number of hydrogen-bond donors (Lipinski definition) is 1. The minimum atomic E-state index is -0.655. The Labute approximate surface area is 165 Å². The first-order chi connectivity index (χ1) is 13.5. The van der Waals surface area contributed by atoms with E-state index in [4.69, 9.17) is 0 Å². The van der Waals surface area contributed by atoms with Crippen LogP contribution in [0.4, 0.5) is 0 Å². The van der Waals surface area contributed by atoms with E-state index in [1.54, 1.807) is 18.2 Å². The van der Waals surface area contributed by atoms with Gasteiger partial charge in [0.1, 0.15) is 6.54 Å². The average Bonchev–Trinajstić information content (AvgIpc) is 2.70. The zero-order chi connectivity index (χ0) is 20.1. The molecule has 3 rings (SSSR count). The molecule has 2 heterocycles. The number of benzene rings is 1. The minimum absolute atomic E-state index is 0.140. The highest BCUT2D eigenvalue weighted by atomic mass is 16.2. The summed E-state index contributed by atoms with van der Waals surface area (Å²) >= 11 is 0. The van der Waals surface area contributed by atoms with Crippen LogP contribution in [0.15, 0.2) is 33.9 Å². The van der Waals surface area contributed by atoms with Gasteiger partial charge in [-0.25, -0.2) is 0 Å². The summed E-state index contributed by atoms with van der Waals surface area (Å²) in [4.78, 5) is 39.8. The maximum absolute atomic E-state index is 12.5. The minimum Gasteiger partial charge on any atom is -0.355 e. The number of carbonyl (C=O) groups excluding carboxylic acids is 1. The third-order valence-electron chi connectivity index (χ3n) is 5.64. The fourth-order valence-corrected chi connectivity index (χ4v) is 4.04. The molecule has 0 bridgehead atoms. The Morgan fingerprint density at radius 3 is 2.46 bits per heavy atom. The topological polar surface area (TPSA) is 76.3 Å². The van der Waals surface area contributed by atoms with E-state index >= 15 is 0 Å². The summed E-state index contributed by atoms with van der Waals surface area (Å²) in [6, 6.07) is 7.81. The van der Waals surface area contributed by atoms with Crippen LogP contribution in [0.5, 0.6) is 0 Å². The Bertz CT molecular complexity index is 947. The van der Waals surface area contributed by atoms with Gasteiger partial charge in [0.15, 0.2) is 0 Å². The molecular formula is C21H30N4O3. The van der Waals surface area contributed by atoms with Crippen LogP contribution in [0.25, 0.3) is 11.0 Å². The molecule has 1 fully saturated rings. The molecule has 152 valence electrons. The molecule has 0 saturated carbocycles. The van der Waals surface area contributed by atoms with Gasteiger partial charge in [0, 0.05) is 25.7 Å². The molecular weight excluding hydrogens is 356 g/mol. The molecule has 1 saturated heterocycles. The number of nitrogens with one attached hydrogen (secondary N) is 1. The zero-order valence-electron chi connectivity index (χ0n) is 16.8. The van der Waals surface area contributed by atoms with Gasteiger partial charge >= 0.3 is 11.1 Å². The second kappa shape index (κ2) is 9.19. The van der Waals surface area contributed by atoms with Gasteiger partial charge in [0.05, 0.1) is 11.0 Å². The second-order valence-electron chi connectivity index (χ2n) is 7.51.